The van der Waals surface area contributed by atoms with Gasteiger partial charge < -0.3 is 9.72 Å². The normalized spacial score (nSPS) is 12.1. The van der Waals surface area contributed by atoms with Crippen molar-refractivity contribution >= 4 is 22.7 Å². The summed E-state index contributed by atoms with van der Waals surface area (Å²) >= 11 is 1.47. The van der Waals surface area contributed by atoms with Gasteiger partial charge in [0, 0.05) is 23.6 Å². The monoisotopic (exact) mass is 470 g/mol. The summed E-state index contributed by atoms with van der Waals surface area (Å²) in [6, 6.07) is 18.9. The highest BCUT2D eigenvalue weighted by Crippen LogP contribution is 2.36. The number of nitrogens with zero attached hydrogens (tertiary/aromatic N) is 5. The van der Waals surface area contributed by atoms with Crippen LogP contribution < -0.4 is 10.3 Å². The molecule has 1 unspecified atom stereocenters. The Balaban J connectivity index is 1.55. The summed E-state index contributed by atoms with van der Waals surface area (Å²) in [5, 5.41) is 10.0. The molecule has 0 aliphatic rings. The number of hydrogen-bond donors (Lipinski definition) is 1. The number of aromatic nitrogens is 6. The van der Waals surface area contributed by atoms with E-state index in [4.69, 9.17) is 4.74 Å². The lowest BCUT2D eigenvalue weighted by Crippen LogP contribution is -2.13. The van der Waals surface area contributed by atoms with E-state index in [0.717, 1.165) is 17.0 Å². The molecule has 5 rings (SSSR count). The van der Waals surface area contributed by atoms with Crippen molar-refractivity contribution in [2.45, 2.75) is 24.3 Å². The van der Waals surface area contributed by atoms with Crippen LogP contribution in [-0.4, -0.2) is 36.3 Å². The molecule has 0 saturated heterocycles. The minimum absolute atomic E-state index is 0.155. The molecule has 34 heavy (non-hydrogen) atoms. The molecule has 9 heteroatoms. The Morgan fingerprint density at radius 3 is 2.65 bits per heavy atom. The highest BCUT2D eigenvalue weighted by molar-refractivity contribution is 7.99. The Kier molecular flexibility index (Phi) is 6.09. The smallest absolute Gasteiger partial charge is 0.258 e. The number of nitrogens with one attached hydrogen (secondary N) is 1. The summed E-state index contributed by atoms with van der Waals surface area (Å²) in [5.74, 6) is 2.05. The Labute approximate surface area is 200 Å². The highest BCUT2D eigenvalue weighted by atomic mass is 32.2. The third-order valence-corrected chi connectivity index (χ3v) is 6.31. The van der Waals surface area contributed by atoms with Crippen LogP contribution in [0.2, 0.25) is 0 Å². The highest BCUT2D eigenvalue weighted by Gasteiger charge is 2.21. The third-order valence-electron chi connectivity index (χ3n) is 5.26. The van der Waals surface area contributed by atoms with Crippen LogP contribution in [0.5, 0.6) is 5.75 Å². The van der Waals surface area contributed by atoms with Gasteiger partial charge in [-0.2, -0.15) is 0 Å². The van der Waals surface area contributed by atoms with E-state index in [1.165, 1.54) is 11.8 Å². The third kappa shape index (κ3) is 4.29. The van der Waals surface area contributed by atoms with Crippen LogP contribution in [0.1, 0.15) is 24.9 Å². The molecule has 0 bridgehead atoms. The maximum absolute atomic E-state index is 12.6. The summed E-state index contributed by atoms with van der Waals surface area (Å²) < 4.78 is 7.57. The molecule has 0 radical (unpaired) electrons. The molecule has 0 spiro atoms. The molecule has 0 aliphatic heterocycles. The number of para-hydroxylation sites is 1. The number of pyridine rings is 1. The summed E-state index contributed by atoms with van der Waals surface area (Å²) in [5.41, 5.74) is 2.25. The Morgan fingerprint density at radius 2 is 1.88 bits per heavy atom. The first kappa shape index (κ1) is 21.8. The quantitative estimate of drug-likeness (QED) is 0.341. The van der Waals surface area contributed by atoms with E-state index in [1.54, 1.807) is 18.5 Å². The molecule has 8 nitrogen and oxygen atoms in total. The number of hydrogen-bond acceptors (Lipinski definition) is 7. The van der Waals surface area contributed by atoms with Gasteiger partial charge in [-0.3, -0.25) is 14.3 Å². The van der Waals surface area contributed by atoms with Gasteiger partial charge in [0.15, 0.2) is 11.0 Å². The van der Waals surface area contributed by atoms with Crippen molar-refractivity contribution < 1.29 is 4.74 Å². The lowest BCUT2D eigenvalue weighted by atomic mass is 10.2. The standard InChI is InChI=1S/C25H22N6O2S/c1-3-33-19-12-10-18(11-13-19)31-23(17-7-6-14-26-15-17)29-30-25(31)34-16(2)22-27-21-9-5-4-8-20(21)24(32)28-22/h4-16H,3H2,1-2H3,(H,27,28,32). The van der Waals surface area contributed by atoms with E-state index in [1.807, 2.05) is 73.0 Å². The first-order valence-corrected chi connectivity index (χ1v) is 11.8. The minimum Gasteiger partial charge on any atom is -0.494 e. The molecular weight excluding hydrogens is 448 g/mol. The van der Waals surface area contributed by atoms with Crippen LogP contribution in [0.3, 0.4) is 0 Å². The summed E-state index contributed by atoms with van der Waals surface area (Å²) in [4.78, 5) is 24.4. The second-order valence-corrected chi connectivity index (χ2v) is 8.85. The van der Waals surface area contributed by atoms with E-state index < -0.39 is 0 Å². The molecule has 170 valence electrons. The second kappa shape index (κ2) is 9.48. The SMILES string of the molecule is CCOc1ccc(-n2c(SC(C)c3nc4ccccc4c(=O)[nH]3)nnc2-c2cccnc2)cc1. The van der Waals surface area contributed by atoms with Gasteiger partial charge in [0.25, 0.3) is 5.56 Å². The van der Waals surface area contributed by atoms with Crippen LogP contribution in [0.15, 0.2) is 83.0 Å². The zero-order chi connectivity index (χ0) is 23.5. The second-order valence-electron chi connectivity index (χ2n) is 7.54. The molecule has 5 aromatic rings. The van der Waals surface area contributed by atoms with Crippen LogP contribution in [0.25, 0.3) is 28.0 Å². The maximum Gasteiger partial charge on any atom is 0.258 e. The van der Waals surface area contributed by atoms with Gasteiger partial charge in [0.2, 0.25) is 0 Å². The van der Waals surface area contributed by atoms with E-state index >= 15 is 0 Å². The number of H-pyrrole nitrogens is 1. The van der Waals surface area contributed by atoms with Gasteiger partial charge in [-0.05, 0) is 62.4 Å². The molecule has 1 N–H and O–H groups in total. The van der Waals surface area contributed by atoms with Crippen molar-refractivity contribution in [2.24, 2.45) is 0 Å². The van der Waals surface area contributed by atoms with Crippen molar-refractivity contribution in [1.29, 1.82) is 0 Å². The average Bonchev–Trinajstić information content (AvgIpc) is 3.28. The topological polar surface area (TPSA) is 98.6 Å². The average molecular weight is 471 g/mol. The number of aromatic amines is 1. The fraction of sp³-hybridized carbons (Fsp3) is 0.160. The zero-order valence-electron chi connectivity index (χ0n) is 18.7. The fourth-order valence-corrected chi connectivity index (χ4v) is 4.55. The fourth-order valence-electron chi connectivity index (χ4n) is 3.63. The molecule has 3 aromatic heterocycles. The van der Waals surface area contributed by atoms with Gasteiger partial charge in [0.1, 0.15) is 11.6 Å². The first-order chi connectivity index (χ1) is 16.6. The largest absolute Gasteiger partial charge is 0.494 e. The van der Waals surface area contributed by atoms with E-state index in [-0.39, 0.29) is 10.8 Å². The van der Waals surface area contributed by atoms with Crippen molar-refractivity contribution in [3.63, 3.8) is 0 Å². The van der Waals surface area contributed by atoms with Gasteiger partial charge >= 0.3 is 0 Å². The van der Waals surface area contributed by atoms with Gasteiger partial charge in [-0.1, -0.05) is 23.9 Å². The van der Waals surface area contributed by atoms with Crippen molar-refractivity contribution in [3.8, 4) is 22.8 Å². The van der Waals surface area contributed by atoms with Crippen LogP contribution in [0, 0.1) is 0 Å². The Morgan fingerprint density at radius 1 is 1.06 bits per heavy atom. The molecule has 0 saturated carbocycles. The molecular formula is C25H22N6O2S. The van der Waals surface area contributed by atoms with Crippen molar-refractivity contribution in [1.82, 2.24) is 29.7 Å². The van der Waals surface area contributed by atoms with Gasteiger partial charge in [0.05, 0.1) is 22.8 Å². The molecule has 2 aromatic carbocycles. The summed E-state index contributed by atoms with van der Waals surface area (Å²) in [6.07, 6.45) is 3.48. The Bertz CT molecular complexity index is 1480. The lowest BCUT2D eigenvalue weighted by Gasteiger charge is -2.14. The van der Waals surface area contributed by atoms with Crippen molar-refractivity contribution in [2.75, 3.05) is 6.61 Å². The number of ether oxygens (including phenoxy) is 1. The van der Waals surface area contributed by atoms with Crippen LogP contribution >= 0.6 is 11.8 Å². The van der Waals surface area contributed by atoms with Crippen LogP contribution in [0.4, 0.5) is 0 Å². The minimum atomic E-state index is -0.176. The number of fused-ring (bicyclic) bond motifs is 1. The predicted octanol–water partition coefficient (Wildman–Crippen LogP) is 4.82. The lowest BCUT2D eigenvalue weighted by molar-refractivity contribution is 0.340. The summed E-state index contributed by atoms with van der Waals surface area (Å²) in [6.45, 7) is 4.54. The zero-order valence-corrected chi connectivity index (χ0v) is 19.5. The number of rotatable bonds is 7. The van der Waals surface area contributed by atoms with Gasteiger partial charge in [-0.15, -0.1) is 10.2 Å². The maximum atomic E-state index is 12.6. The number of thioether (sulfide) groups is 1. The van der Waals surface area contributed by atoms with Gasteiger partial charge in [-0.25, -0.2) is 4.98 Å². The molecule has 1 atom stereocenters. The predicted molar refractivity (Wildman–Crippen MR) is 132 cm³/mol. The first-order valence-electron chi connectivity index (χ1n) is 10.9. The molecule has 3 heterocycles. The Hall–Kier alpha value is -3.98. The summed E-state index contributed by atoms with van der Waals surface area (Å²) in [7, 11) is 0. The van der Waals surface area contributed by atoms with E-state index in [0.29, 0.717) is 34.3 Å². The number of benzene rings is 2. The van der Waals surface area contributed by atoms with Crippen molar-refractivity contribution in [3.05, 3.63) is 89.2 Å². The van der Waals surface area contributed by atoms with Crippen LogP contribution in [-0.2, 0) is 0 Å². The van der Waals surface area contributed by atoms with E-state index in [9.17, 15) is 4.79 Å². The molecule has 0 fully saturated rings. The molecule has 0 aliphatic carbocycles. The van der Waals surface area contributed by atoms with E-state index in [2.05, 4.69) is 25.1 Å². The molecule has 0 amide bonds.